The molecule has 0 fully saturated rings. The van der Waals surface area contributed by atoms with Gasteiger partial charge in [-0.2, -0.15) is 0 Å². The zero-order valence-corrected chi connectivity index (χ0v) is 21.1. The Kier molecular flexibility index (Phi) is 20.5. The number of hydrogen-bond donors (Lipinski definition) is 2. The molecule has 0 saturated heterocycles. The molecule has 0 aromatic heterocycles. The largest absolute Gasteiger partial charge is 0.386 e. The van der Waals surface area contributed by atoms with Gasteiger partial charge in [0.2, 0.25) is 0 Å². The minimum atomic E-state index is 0.488. The standard InChI is InChI=1S/C10H19N3O.C8H10.C7H8.C3H6/c1-5-12-10(11)8(2)9(3)13-6-7-14-4;1-7-4-3-5-8(2)6-7;1-7-5-3-2-4-6-7;1-3-2/h5,13H,1,6-7H2,2-4H3,(H2,11,12);3-6H,1-2H3;2-6H,1H3;3H,1H2,2H3/b9-8+;;;. The van der Waals surface area contributed by atoms with Crippen molar-refractivity contribution in [2.24, 2.45) is 10.7 Å². The number of aliphatic imine (C=N–C) groups is 1. The first-order chi connectivity index (χ1) is 15.2. The zero-order chi connectivity index (χ0) is 24.8. The number of methoxy groups -OCH3 is 1. The molecule has 0 unspecified atom stereocenters. The van der Waals surface area contributed by atoms with Crippen LogP contribution in [0.25, 0.3) is 0 Å². The third-order valence-electron chi connectivity index (χ3n) is 3.99. The second-order valence-corrected chi connectivity index (χ2v) is 7.09. The number of allylic oxidation sites excluding steroid dienone is 2. The van der Waals surface area contributed by atoms with Gasteiger partial charge in [-0.1, -0.05) is 83.9 Å². The summed E-state index contributed by atoms with van der Waals surface area (Å²) < 4.78 is 4.92. The number of nitrogens with one attached hydrogen (secondary N) is 1. The van der Waals surface area contributed by atoms with Crippen LogP contribution in [0.3, 0.4) is 0 Å². The van der Waals surface area contributed by atoms with Gasteiger partial charge >= 0.3 is 0 Å². The van der Waals surface area contributed by atoms with Gasteiger partial charge in [-0.15, -0.1) is 6.58 Å². The Bertz CT molecular complexity index is 791. The van der Waals surface area contributed by atoms with Gasteiger partial charge < -0.3 is 15.8 Å². The van der Waals surface area contributed by atoms with E-state index < -0.39 is 0 Å². The predicted octanol–water partition coefficient (Wildman–Crippen LogP) is 6.51. The Morgan fingerprint density at radius 2 is 1.47 bits per heavy atom. The first-order valence-electron chi connectivity index (χ1n) is 10.7. The monoisotopic (exact) mass is 437 g/mol. The van der Waals surface area contributed by atoms with Gasteiger partial charge in [0.1, 0.15) is 5.84 Å². The molecule has 0 saturated carbocycles. The molecule has 0 radical (unpaired) electrons. The van der Waals surface area contributed by atoms with E-state index in [0.717, 1.165) is 17.8 Å². The molecule has 2 aromatic rings. The third kappa shape index (κ3) is 18.9. The van der Waals surface area contributed by atoms with Gasteiger partial charge in [0.15, 0.2) is 0 Å². The Hall–Kier alpha value is -3.11. The molecule has 2 aromatic carbocycles. The molecule has 0 bridgehead atoms. The fourth-order valence-electron chi connectivity index (χ4n) is 2.20. The molecular weight excluding hydrogens is 394 g/mol. The number of hydrogen-bond acceptors (Lipinski definition) is 3. The van der Waals surface area contributed by atoms with E-state index in [2.05, 4.69) is 80.6 Å². The molecule has 0 heterocycles. The van der Waals surface area contributed by atoms with Crippen LogP contribution in [0.15, 0.2) is 96.3 Å². The van der Waals surface area contributed by atoms with E-state index in [0.29, 0.717) is 12.4 Å². The van der Waals surface area contributed by atoms with Crippen LogP contribution in [0.2, 0.25) is 0 Å². The first kappa shape index (κ1) is 31.1. The molecule has 0 spiro atoms. The maximum Gasteiger partial charge on any atom is 0.127 e. The first-order valence-corrected chi connectivity index (χ1v) is 10.7. The van der Waals surface area contributed by atoms with E-state index in [9.17, 15) is 0 Å². The van der Waals surface area contributed by atoms with Gasteiger partial charge in [0, 0.05) is 31.1 Å². The van der Waals surface area contributed by atoms with Crippen molar-refractivity contribution in [3.8, 4) is 0 Å². The number of nitrogens with two attached hydrogens (primary N) is 1. The van der Waals surface area contributed by atoms with Gasteiger partial charge in [0.05, 0.1) is 6.61 Å². The van der Waals surface area contributed by atoms with Crippen molar-refractivity contribution in [2.75, 3.05) is 20.3 Å². The lowest BCUT2D eigenvalue weighted by Crippen LogP contribution is -2.22. The van der Waals surface area contributed by atoms with Crippen LogP contribution < -0.4 is 11.1 Å². The molecule has 4 nitrogen and oxygen atoms in total. The topological polar surface area (TPSA) is 59.6 Å². The molecule has 0 atom stereocenters. The third-order valence-corrected chi connectivity index (χ3v) is 3.99. The molecule has 0 aliphatic rings. The summed E-state index contributed by atoms with van der Waals surface area (Å²) in [6, 6.07) is 18.7. The molecule has 32 heavy (non-hydrogen) atoms. The lowest BCUT2D eigenvalue weighted by Gasteiger charge is -2.09. The van der Waals surface area contributed by atoms with Gasteiger partial charge in [-0.25, -0.2) is 4.99 Å². The SMILES string of the molecule is C=CC.C=CN=C(N)/C(C)=C(\C)NCCOC.Cc1cccc(C)c1.Cc1ccccc1. The number of nitrogens with zero attached hydrogens (tertiary/aromatic N) is 1. The van der Waals surface area contributed by atoms with Crippen LogP contribution in [-0.4, -0.2) is 26.1 Å². The minimum absolute atomic E-state index is 0.488. The summed E-state index contributed by atoms with van der Waals surface area (Å²) in [7, 11) is 1.67. The summed E-state index contributed by atoms with van der Waals surface area (Å²) in [4.78, 5) is 3.90. The summed E-state index contributed by atoms with van der Waals surface area (Å²) in [5.41, 5.74) is 11.6. The second-order valence-electron chi connectivity index (χ2n) is 7.09. The van der Waals surface area contributed by atoms with Crippen molar-refractivity contribution in [1.82, 2.24) is 5.32 Å². The molecular formula is C28H43N3O. The number of aryl methyl sites for hydroxylation is 3. The lowest BCUT2D eigenvalue weighted by atomic mass is 10.2. The van der Waals surface area contributed by atoms with Crippen molar-refractivity contribution in [3.05, 3.63) is 108 Å². The summed E-state index contributed by atoms with van der Waals surface area (Å²) in [6.45, 7) is 20.3. The highest BCUT2D eigenvalue weighted by molar-refractivity contribution is 5.97. The maximum absolute atomic E-state index is 5.68. The number of rotatable bonds is 6. The Balaban J connectivity index is 0. The average Bonchev–Trinajstić information content (AvgIpc) is 2.75. The van der Waals surface area contributed by atoms with Crippen LogP contribution >= 0.6 is 0 Å². The number of ether oxygens (including phenoxy) is 1. The summed E-state index contributed by atoms with van der Waals surface area (Å²) in [5.74, 6) is 0.488. The van der Waals surface area contributed by atoms with E-state index in [-0.39, 0.29) is 0 Å². The normalized spacial score (nSPS) is 10.5. The van der Waals surface area contributed by atoms with Crippen LogP contribution in [0.1, 0.15) is 37.5 Å². The van der Waals surface area contributed by atoms with Crippen LogP contribution in [0.5, 0.6) is 0 Å². The fourth-order valence-corrected chi connectivity index (χ4v) is 2.20. The Morgan fingerprint density at radius 3 is 1.81 bits per heavy atom. The van der Waals surface area contributed by atoms with E-state index in [1.807, 2.05) is 39.0 Å². The Morgan fingerprint density at radius 1 is 0.969 bits per heavy atom. The van der Waals surface area contributed by atoms with Crippen molar-refractivity contribution >= 4 is 5.84 Å². The zero-order valence-electron chi connectivity index (χ0n) is 21.1. The summed E-state index contributed by atoms with van der Waals surface area (Å²) in [5, 5.41) is 3.18. The molecule has 0 aliphatic carbocycles. The van der Waals surface area contributed by atoms with E-state index >= 15 is 0 Å². The highest BCUT2D eigenvalue weighted by Gasteiger charge is 1.99. The van der Waals surface area contributed by atoms with Gasteiger partial charge in [0.25, 0.3) is 0 Å². The van der Waals surface area contributed by atoms with Gasteiger partial charge in [-0.05, 0) is 41.5 Å². The molecule has 4 heteroatoms. The molecule has 2 rings (SSSR count). The van der Waals surface area contributed by atoms with Crippen molar-refractivity contribution in [2.45, 2.75) is 41.5 Å². The van der Waals surface area contributed by atoms with Crippen molar-refractivity contribution in [3.63, 3.8) is 0 Å². The van der Waals surface area contributed by atoms with E-state index in [1.54, 1.807) is 13.2 Å². The molecule has 176 valence electrons. The Labute approximate surface area is 196 Å². The van der Waals surface area contributed by atoms with E-state index in [1.165, 1.54) is 22.9 Å². The minimum Gasteiger partial charge on any atom is -0.386 e. The smallest absolute Gasteiger partial charge is 0.127 e. The summed E-state index contributed by atoms with van der Waals surface area (Å²) >= 11 is 0. The van der Waals surface area contributed by atoms with Crippen LogP contribution in [-0.2, 0) is 4.74 Å². The number of benzene rings is 2. The van der Waals surface area contributed by atoms with Gasteiger partial charge in [-0.3, -0.25) is 0 Å². The highest BCUT2D eigenvalue weighted by Crippen LogP contribution is 2.00. The van der Waals surface area contributed by atoms with Crippen LogP contribution in [0, 0.1) is 20.8 Å². The lowest BCUT2D eigenvalue weighted by molar-refractivity contribution is 0.202. The summed E-state index contributed by atoms with van der Waals surface area (Å²) in [6.07, 6.45) is 3.18. The quantitative estimate of drug-likeness (QED) is 0.234. The van der Waals surface area contributed by atoms with Crippen LogP contribution in [0.4, 0.5) is 0 Å². The predicted molar refractivity (Wildman–Crippen MR) is 143 cm³/mol. The molecule has 0 amide bonds. The molecule has 3 N–H and O–H groups in total. The maximum atomic E-state index is 5.68. The number of amidine groups is 1. The molecule has 0 aliphatic heterocycles. The second kappa shape index (κ2) is 21.1. The van der Waals surface area contributed by atoms with E-state index in [4.69, 9.17) is 10.5 Å². The van der Waals surface area contributed by atoms with Crippen molar-refractivity contribution < 1.29 is 4.74 Å². The fraction of sp³-hybridized carbons (Fsp3) is 0.321. The van der Waals surface area contributed by atoms with Crippen molar-refractivity contribution in [1.29, 1.82) is 0 Å². The average molecular weight is 438 g/mol. The highest BCUT2D eigenvalue weighted by atomic mass is 16.5.